The second-order valence-electron chi connectivity index (χ2n) is 5.23. The number of halogens is 1. The van der Waals surface area contributed by atoms with Crippen molar-refractivity contribution in [3.63, 3.8) is 0 Å². The third kappa shape index (κ3) is 5.15. The van der Waals surface area contributed by atoms with Crippen LogP contribution >= 0.6 is 28.1 Å². The molecular weight excluding hydrogens is 386 g/mol. The summed E-state index contributed by atoms with van der Waals surface area (Å²) in [6, 6.07) is 17.0. The van der Waals surface area contributed by atoms with Crippen LogP contribution in [-0.2, 0) is 6.42 Å². The van der Waals surface area contributed by atoms with E-state index < -0.39 is 0 Å². The number of carbonyl (C=O) groups excluding carboxylic acids is 1. The molecule has 0 aliphatic carbocycles. The molecule has 1 amide bonds. The number of hydrogen-bond acceptors (Lipinski definition) is 3. The fourth-order valence-electron chi connectivity index (χ4n) is 2.13. The van der Waals surface area contributed by atoms with Crippen molar-refractivity contribution >= 4 is 44.9 Å². The van der Waals surface area contributed by atoms with Gasteiger partial charge in [-0.1, -0.05) is 51.8 Å². The Bertz CT molecular complexity index is 784. The second kappa shape index (κ2) is 8.57. The molecule has 122 valence electrons. The molecule has 0 fully saturated rings. The van der Waals surface area contributed by atoms with Gasteiger partial charge in [-0.3, -0.25) is 10.1 Å². The van der Waals surface area contributed by atoms with Gasteiger partial charge in [0.15, 0.2) is 5.11 Å². The lowest BCUT2D eigenvalue weighted by molar-refractivity contribution is 0.0977. The van der Waals surface area contributed by atoms with E-state index in [9.17, 15) is 4.79 Å². The first-order valence-corrected chi connectivity index (χ1v) is 8.62. The van der Waals surface area contributed by atoms with Gasteiger partial charge in [-0.15, -0.1) is 0 Å². The van der Waals surface area contributed by atoms with Crippen LogP contribution in [0, 0.1) is 18.3 Å². The maximum absolute atomic E-state index is 12.5. The predicted octanol–water partition coefficient (Wildman–Crippen LogP) is 3.95. The topological polar surface area (TPSA) is 64.9 Å². The molecule has 1 atom stereocenters. The normalized spacial score (nSPS) is 11.2. The van der Waals surface area contributed by atoms with Gasteiger partial charge >= 0.3 is 0 Å². The Morgan fingerprint density at radius 2 is 1.92 bits per heavy atom. The van der Waals surface area contributed by atoms with Crippen LogP contribution in [0.4, 0.5) is 5.69 Å². The zero-order chi connectivity index (χ0) is 17.5. The van der Waals surface area contributed by atoms with Crippen molar-refractivity contribution in [2.24, 2.45) is 0 Å². The van der Waals surface area contributed by atoms with E-state index >= 15 is 0 Å². The highest BCUT2D eigenvalue weighted by Crippen LogP contribution is 2.15. The number of carbonyl (C=O) groups is 1. The van der Waals surface area contributed by atoms with Crippen molar-refractivity contribution in [1.82, 2.24) is 5.32 Å². The summed E-state index contributed by atoms with van der Waals surface area (Å²) in [5, 5.41) is 14.8. The smallest absolute Gasteiger partial charge is 0.257 e. The Balaban J connectivity index is 2.05. The van der Waals surface area contributed by atoms with Crippen LogP contribution in [0.25, 0.3) is 0 Å². The Hall–Kier alpha value is -2.23. The van der Waals surface area contributed by atoms with Gasteiger partial charge in [-0.25, -0.2) is 0 Å². The molecule has 24 heavy (non-hydrogen) atoms. The molecule has 0 bridgehead atoms. The first kappa shape index (κ1) is 18.1. The van der Waals surface area contributed by atoms with Gasteiger partial charge < -0.3 is 5.32 Å². The Morgan fingerprint density at radius 1 is 1.25 bits per heavy atom. The largest absolute Gasteiger partial charge is 0.332 e. The average molecular weight is 402 g/mol. The molecule has 0 aliphatic rings. The summed E-state index contributed by atoms with van der Waals surface area (Å²) in [4.78, 5) is 12.1. The number of rotatable bonds is 4. The highest BCUT2D eigenvalue weighted by Gasteiger charge is 2.14. The van der Waals surface area contributed by atoms with E-state index in [0.717, 1.165) is 16.8 Å². The third-order valence-corrected chi connectivity index (χ3v) is 4.07. The molecule has 0 aromatic heterocycles. The highest BCUT2D eigenvalue weighted by atomic mass is 79.9. The fourth-order valence-corrected chi connectivity index (χ4v) is 2.69. The number of hydrogen-bond donors (Lipinski definition) is 2. The van der Waals surface area contributed by atoms with Crippen molar-refractivity contribution in [3.8, 4) is 6.07 Å². The van der Waals surface area contributed by atoms with E-state index in [-0.39, 0.29) is 15.8 Å². The molecule has 0 aliphatic heterocycles. The maximum atomic E-state index is 12.5. The van der Waals surface area contributed by atoms with E-state index in [1.165, 1.54) is 0 Å². The number of aryl methyl sites for hydroxylation is 1. The number of nitrogens with one attached hydrogen (secondary N) is 2. The molecule has 0 saturated carbocycles. The lowest BCUT2D eigenvalue weighted by atomic mass is 10.0. The van der Waals surface area contributed by atoms with Crippen molar-refractivity contribution in [1.29, 1.82) is 5.26 Å². The van der Waals surface area contributed by atoms with Crippen LogP contribution in [-0.4, -0.2) is 15.8 Å². The lowest BCUT2D eigenvalue weighted by Gasteiger charge is -2.12. The Kier molecular flexibility index (Phi) is 6.47. The lowest BCUT2D eigenvalue weighted by Crippen LogP contribution is -2.34. The van der Waals surface area contributed by atoms with Gasteiger partial charge in [0.25, 0.3) is 5.91 Å². The van der Waals surface area contributed by atoms with Crippen molar-refractivity contribution < 1.29 is 4.79 Å². The second-order valence-corrected chi connectivity index (χ2v) is 6.75. The van der Waals surface area contributed by atoms with Crippen molar-refractivity contribution in [2.45, 2.75) is 18.2 Å². The highest BCUT2D eigenvalue weighted by molar-refractivity contribution is 9.09. The molecule has 4 nitrogen and oxygen atoms in total. The molecule has 0 radical (unpaired) electrons. The number of alkyl halides is 1. The minimum atomic E-state index is -0.343. The summed E-state index contributed by atoms with van der Waals surface area (Å²) in [6.45, 7) is 2.00. The number of nitrogens with zero attached hydrogens (tertiary/aromatic N) is 1. The van der Waals surface area contributed by atoms with Gasteiger partial charge in [0.1, 0.15) is 4.83 Å². The summed E-state index contributed by atoms with van der Waals surface area (Å²) in [5.74, 6) is -0.298. The van der Waals surface area contributed by atoms with E-state index in [2.05, 4.69) is 32.6 Å². The summed E-state index contributed by atoms with van der Waals surface area (Å²) in [6.07, 6.45) is 0.443. The predicted molar refractivity (Wildman–Crippen MR) is 103 cm³/mol. The summed E-state index contributed by atoms with van der Waals surface area (Å²) in [7, 11) is 0. The Labute approximate surface area is 155 Å². The van der Waals surface area contributed by atoms with Crippen molar-refractivity contribution in [2.75, 3.05) is 5.32 Å². The summed E-state index contributed by atoms with van der Waals surface area (Å²) < 4.78 is 0. The number of benzene rings is 2. The molecule has 2 rings (SSSR count). The molecule has 0 spiro atoms. The monoisotopic (exact) mass is 401 g/mol. The van der Waals surface area contributed by atoms with Gasteiger partial charge in [0.05, 0.1) is 6.07 Å². The third-order valence-electron chi connectivity index (χ3n) is 3.34. The van der Waals surface area contributed by atoms with Crippen LogP contribution in [0.15, 0.2) is 48.5 Å². The number of thiocarbonyl (C=S) groups is 1. The number of anilines is 1. The molecule has 2 N–H and O–H groups in total. The van der Waals surface area contributed by atoms with Gasteiger partial charge in [0.2, 0.25) is 0 Å². The minimum absolute atomic E-state index is 0.231. The molecule has 6 heteroatoms. The molecular formula is C18H16BrN3OS. The zero-order valence-corrected chi connectivity index (χ0v) is 15.4. The van der Waals surface area contributed by atoms with E-state index in [1.54, 1.807) is 12.1 Å². The van der Waals surface area contributed by atoms with Crippen molar-refractivity contribution in [3.05, 3.63) is 65.2 Å². The standard InChI is InChI=1S/C18H16BrN3OS/c1-12-6-8-15(9-7-12)21-18(24)22-17(23)16-5-3-2-4-13(16)10-14(19)11-20/h2-9,14H,10H2,1H3,(H2,21,22,23,24)/t14-/m0/s1. The van der Waals surface area contributed by atoms with Gasteiger partial charge in [-0.05, 0) is 49.3 Å². The van der Waals surface area contributed by atoms with Crippen LogP contribution in [0.3, 0.4) is 0 Å². The zero-order valence-electron chi connectivity index (χ0n) is 13.0. The quantitative estimate of drug-likeness (QED) is 0.601. The number of amides is 1. The first-order valence-electron chi connectivity index (χ1n) is 7.30. The SMILES string of the molecule is Cc1ccc(NC(=S)NC(=O)c2ccccc2C[C@H](Br)C#N)cc1. The van der Waals surface area contributed by atoms with Gasteiger partial charge in [0, 0.05) is 11.3 Å². The fraction of sp³-hybridized carbons (Fsp3) is 0.167. The van der Waals surface area contributed by atoms with Crippen LogP contribution in [0.1, 0.15) is 21.5 Å². The van der Waals surface area contributed by atoms with E-state index in [1.807, 2.05) is 43.3 Å². The Morgan fingerprint density at radius 3 is 2.58 bits per heavy atom. The summed E-state index contributed by atoms with van der Waals surface area (Å²) in [5.41, 5.74) is 3.25. The molecule has 2 aromatic rings. The average Bonchev–Trinajstić information content (AvgIpc) is 2.57. The minimum Gasteiger partial charge on any atom is -0.332 e. The van der Waals surface area contributed by atoms with E-state index in [4.69, 9.17) is 17.5 Å². The molecule has 0 unspecified atom stereocenters. The first-order chi connectivity index (χ1) is 11.5. The summed E-state index contributed by atoms with van der Waals surface area (Å²) >= 11 is 8.46. The number of nitriles is 1. The molecule has 0 saturated heterocycles. The van der Waals surface area contributed by atoms with E-state index in [0.29, 0.717) is 12.0 Å². The van der Waals surface area contributed by atoms with Crippen LogP contribution in [0.5, 0.6) is 0 Å². The molecule has 0 heterocycles. The van der Waals surface area contributed by atoms with Gasteiger partial charge in [-0.2, -0.15) is 5.26 Å². The maximum Gasteiger partial charge on any atom is 0.257 e. The molecule has 2 aromatic carbocycles. The van der Waals surface area contributed by atoms with Crippen LogP contribution < -0.4 is 10.6 Å². The van der Waals surface area contributed by atoms with Crippen LogP contribution in [0.2, 0.25) is 0 Å².